The fraction of sp³-hybridized carbons (Fsp3) is 0.769. The summed E-state index contributed by atoms with van der Waals surface area (Å²) in [7, 11) is 0. The van der Waals surface area contributed by atoms with E-state index in [1.165, 1.54) is 43.4 Å². The van der Waals surface area contributed by atoms with Gasteiger partial charge < -0.3 is 5.73 Å². The number of hydrogen-bond donors (Lipinski definition) is 1. The molecule has 0 amide bonds. The highest BCUT2D eigenvalue weighted by molar-refractivity contribution is 5.21. The maximum Gasteiger partial charge on any atom is 0.0537 e. The molecule has 1 fully saturated rings. The Bertz CT molecular complexity index is 335. The molecule has 16 heavy (non-hydrogen) atoms. The van der Waals surface area contributed by atoms with Crippen LogP contribution in [0.2, 0.25) is 0 Å². The Morgan fingerprint density at radius 3 is 2.62 bits per heavy atom. The number of nitrogens with zero attached hydrogens (tertiary/aromatic N) is 2. The van der Waals surface area contributed by atoms with Gasteiger partial charge in [-0.05, 0) is 18.8 Å². The molecule has 0 spiro atoms. The average Bonchev–Trinajstić information content (AvgIpc) is 2.73. The van der Waals surface area contributed by atoms with Crippen molar-refractivity contribution >= 4 is 0 Å². The van der Waals surface area contributed by atoms with Crippen molar-refractivity contribution in [2.45, 2.75) is 64.5 Å². The molecule has 0 saturated heterocycles. The minimum Gasteiger partial charge on any atom is -0.326 e. The first-order chi connectivity index (χ1) is 7.74. The summed E-state index contributed by atoms with van der Waals surface area (Å²) in [5, 5.41) is 4.57. The molecule has 1 aromatic heterocycles. The van der Waals surface area contributed by atoms with Crippen molar-refractivity contribution in [3.8, 4) is 0 Å². The fourth-order valence-electron chi connectivity index (χ4n) is 2.82. The van der Waals surface area contributed by atoms with Gasteiger partial charge in [0.1, 0.15) is 0 Å². The molecule has 3 nitrogen and oxygen atoms in total. The smallest absolute Gasteiger partial charge is 0.0537 e. The van der Waals surface area contributed by atoms with Crippen molar-refractivity contribution in [1.29, 1.82) is 0 Å². The molecule has 2 rings (SSSR count). The summed E-state index contributed by atoms with van der Waals surface area (Å²) in [4.78, 5) is 0. The zero-order chi connectivity index (χ0) is 11.5. The molecule has 0 aromatic carbocycles. The quantitative estimate of drug-likeness (QED) is 0.852. The third kappa shape index (κ3) is 2.14. The molecule has 1 saturated carbocycles. The van der Waals surface area contributed by atoms with Crippen molar-refractivity contribution in [1.82, 2.24) is 9.78 Å². The predicted molar refractivity (Wildman–Crippen MR) is 66.3 cm³/mol. The molecule has 1 aliphatic rings. The van der Waals surface area contributed by atoms with Gasteiger partial charge in [-0.3, -0.25) is 4.68 Å². The third-order valence-corrected chi connectivity index (χ3v) is 3.60. The van der Waals surface area contributed by atoms with Crippen LogP contribution in [0.3, 0.4) is 0 Å². The summed E-state index contributed by atoms with van der Waals surface area (Å²) >= 11 is 0. The van der Waals surface area contributed by atoms with E-state index < -0.39 is 0 Å². The summed E-state index contributed by atoms with van der Waals surface area (Å²) < 4.78 is 2.26. The maximum atomic E-state index is 5.78. The first-order valence-corrected chi connectivity index (χ1v) is 6.50. The van der Waals surface area contributed by atoms with E-state index in [0.717, 1.165) is 0 Å². The van der Waals surface area contributed by atoms with E-state index in [9.17, 15) is 0 Å². The van der Waals surface area contributed by atoms with Gasteiger partial charge in [-0.1, -0.05) is 33.1 Å². The van der Waals surface area contributed by atoms with Gasteiger partial charge in [0.25, 0.3) is 0 Å². The van der Waals surface area contributed by atoms with Crippen LogP contribution < -0.4 is 5.73 Å². The average molecular weight is 221 g/mol. The molecular formula is C13H23N3. The zero-order valence-corrected chi connectivity index (χ0v) is 10.4. The Kier molecular flexibility index (Phi) is 3.64. The van der Waals surface area contributed by atoms with Crippen LogP contribution in [-0.4, -0.2) is 9.78 Å². The van der Waals surface area contributed by atoms with Gasteiger partial charge in [0, 0.05) is 17.8 Å². The third-order valence-electron chi connectivity index (χ3n) is 3.60. The Labute approximate surface area is 98.0 Å². The van der Waals surface area contributed by atoms with Crippen molar-refractivity contribution < 1.29 is 0 Å². The normalized spacial score (nSPS) is 18.2. The van der Waals surface area contributed by atoms with Gasteiger partial charge in [0.05, 0.1) is 12.2 Å². The second-order valence-corrected chi connectivity index (χ2v) is 5.15. The Hall–Kier alpha value is -0.830. The number of hydrogen-bond acceptors (Lipinski definition) is 2. The summed E-state index contributed by atoms with van der Waals surface area (Å²) in [6.45, 7) is 5.07. The maximum absolute atomic E-state index is 5.78. The van der Waals surface area contributed by atoms with Crippen LogP contribution in [0.4, 0.5) is 0 Å². The molecule has 0 atom stereocenters. The minimum atomic E-state index is 0.517. The van der Waals surface area contributed by atoms with Gasteiger partial charge in [-0.25, -0.2) is 0 Å². The summed E-state index contributed by atoms with van der Waals surface area (Å²) in [5.41, 5.74) is 8.36. The van der Waals surface area contributed by atoms with Gasteiger partial charge in [0.2, 0.25) is 0 Å². The molecule has 0 aliphatic heterocycles. The van der Waals surface area contributed by atoms with E-state index in [-0.39, 0.29) is 0 Å². The SMILES string of the molecule is CC(C)c1c(CN)cnn1C1CCCCC1. The number of nitrogens with two attached hydrogens (primary N) is 1. The topological polar surface area (TPSA) is 43.8 Å². The van der Waals surface area contributed by atoms with E-state index in [0.29, 0.717) is 18.5 Å². The number of rotatable bonds is 3. The summed E-state index contributed by atoms with van der Waals surface area (Å²) in [6.07, 6.45) is 8.61. The van der Waals surface area contributed by atoms with E-state index >= 15 is 0 Å². The monoisotopic (exact) mass is 221 g/mol. The molecule has 1 aliphatic carbocycles. The Morgan fingerprint density at radius 1 is 1.38 bits per heavy atom. The summed E-state index contributed by atoms with van der Waals surface area (Å²) in [5.74, 6) is 0.517. The predicted octanol–water partition coefficient (Wildman–Crippen LogP) is 2.97. The highest BCUT2D eigenvalue weighted by Crippen LogP contribution is 2.31. The van der Waals surface area contributed by atoms with Crippen LogP contribution in [0.1, 0.15) is 69.2 Å². The molecule has 1 aromatic rings. The second-order valence-electron chi connectivity index (χ2n) is 5.15. The standard InChI is InChI=1S/C13H23N3/c1-10(2)13-11(8-14)9-15-16(13)12-6-4-3-5-7-12/h9-10,12H,3-8,14H2,1-2H3. The first kappa shape index (κ1) is 11.6. The largest absolute Gasteiger partial charge is 0.326 e. The minimum absolute atomic E-state index is 0.517. The van der Waals surface area contributed by atoms with E-state index in [2.05, 4.69) is 23.6 Å². The van der Waals surface area contributed by atoms with Gasteiger partial charge in [0.15, 0.2) is 0 Å². The Balaban J connectivity index is 2.28. The van der Waals surface area contributed by atoms with Crippen molar-refractivity contribution in [3.63, 3.8) is 0 Å². The van der Waals surface area contributed by atoms with Gasteiger partial charge >= 0.3 is 0 Å². The molecular weight excluding hydrogens is 198 g/mol. The van der Waals surface area contributed by atoms with E-state index in [1.54, 1.807) is 0 Å². The van der Waals surface area contributed by atoms with Crippen molar-refractivity contribution in [2.75, 3.05) is 0 Å². The van der Waals surface area contributed by atoms with Crippen molar-refractivity contribution in [2.24, 2.45) is 5.73 Å². The number of aromatic nitrogens is 2. The Morgan fingerprint density at radius 2 is 2.06 bits per heavy atom. The molecule has 0 unspecified atom stereocenters. The lowest BCUT2D eigenvalue weighted by atomic mass is 9.94. The lowest BCUT2D eigenvalue weighted by Crippen LogP contribution is -2.18. The van der Waals surface area contributed by atoms with Crippen LogP contribution in [0.25, 0.3) is 0 Å². The van der Waals surface area contributed by atoms with Crippen LogP contribution in [-0.2, 0) is 6.54 Å². The van der Waals surface area contributed by atoms with Gasteiger partial charge in [-0.2, -0.15) is 5.10 Å². The second kappa shape index (κ2) is 5.00. The molecule has 1 heterocycles. The van der Waals surface area contributed by atoms with Crippen LogP contribution in [0.5, 0.6) is 0 Å². The van der Waals surface area contributed by atoms with Crippen molar-refractivity contribution in [3.05, 3.63) is 17.5 Å². The van der Waals surface area contributed by atoms with Crippen LogP contribution in [0.15, 0.2) is 6.20 Å². The molecule has 2 N–H and O–H groups in total. The van der Waals surface area contributed by atoms with E-state index in [4.69, 9.17) is 5.73 Å². The highest BCUT2D eigenvalue weighted by Gasteiger charge is 2.21. The lowest BCUT2D eigenvalue weighted by molar-refractivity contribution is 0.319. The molecule has 3 heteroatoms. The molecule has 0 radical (unpaired) electrons. The lowest BCUT2D eigenvalue weighted by Gasteiger charge is -2.25. The van der Waals surface area contributed by atoms with Gasteiger partial charge in [-0.15, -0.1) is 0 Å². The molecule has 0 bridgehead atoms. The van der Waals surface area contributed by atoms with E-state index in [1.807, 2.05) is 6.20 Å². The highest BCUT2D eigenvalue weighted by atomic mass is 15.3. The fourth-order valence-corrected chi connectivity index (χ4v) is 2.82. The van der Waals surface area contributed by atoms with Crippen LogP contribution in [0, 0.1) is 0 Å². The summed E-state index contributed by atoms with van der Waals surface area (Å²) in [6, 6.07) is 0.617. The van der Waals surface area contributed by atoms with Crippen LogP contribution >= 0.6 is 0 Å². The zero-order valence-electron chi connectivity index (χ0n) is 10.4. The molecule has 90 valence electrons. The first-order valence-electron chi connectivity index (χ1n) is 6.50.